The van der Waals surface area contributed by atoms with Gasteiger partial charge in [0, 0.05) is 4.32 Å². The third-order valence-electron chi connectivity index (χ3n) is 7.43. The van der Waals surface area contributed by atoms with Crippen molar-refractivity contribution < 1.29 is 24.5 Å². The number of rotatable bonds is 2. The zero-order chi connectivity index (χ0) is 18.3. The average Bonchev–Trinajstić information content (AvgIpc) is 2.63. The maximum absolute atomic E-state index is 11.6. The second kappa shape index (κ2) is 6.52. The summed E-state index contributed by atoms with van der Waals surface area (Å²) in [7, 11) is 1.50. The van der Waals surface area contributed by atoms with Crippen molar-refractivity contribution in [2.45, 2.75) is 87.0 Å². The van der Waals surface area contributed by atoms with Crippen molar-refractivity contribution in [3.8, 4) is 0 Å². The van der Waals surface area contributed by atoms with Crippen LogP contribution in [0, 0.1) is 10.8 Å². The van der Waals surface area contributed by atoms with E-state index in [4.69, 9.17) is 9.84 Å². The predicted octanol–water partition coefficient (Wildman–Crippen LogP) is 3.80. The van der Waals surface area contributed by atoms with E-state index in [1.807, 2.05) is 0 Å². The Bertz CT molecular complexity index is 509. The summed E-state index contributed by atoms with van der Waals surface area (Å²) in [5.74, 6) is -0.647. The van der Waals surface area contributed by atoms with Gasteiger partial charge in [-0.05, 0) is 77.0 Å². The van der Waals surface area contributed by atoms with Crippen molar-refractivity contribution >= 4 is 27.9 Å². The molecule has 25 heavy (non-hydrogen) atoms. The number of hydrogen-bond acceptors (Lipinski definition) is 4. The van der Waals surface area contributed by atoms with Gasteiger partial charge in [0.15, 0.2) is 0 Å². The number of fused-ring (bicyclic) bond motifs is 6. The maximum atomic E-state index is 11.6. The molecule has 6 fully saturated rings. The minimum absolute atomic E-state index is 0.0155. The number of hydrogen-bond donors (Lipinski definition) is 2. The fourth-order valence-electron chi connectivity index (χ4n) is 5.15. The average molecular weight is 417 g/mol. The molecule has 6 saturated carbocycles. The Balaban J connectivity index is 0.000000146. The molecule has 142 valence electrons. The molecule has 0 spiro atoms. The second-order valence-electron chi connectivity index (χ2n) is 8.73. The summed E-state index contributed by atoms with van der Waals surface area (Å²) in [6.07, 6.45) is 10.4. The molecule has 6 heteroatoms. The number of carbonyl (C=O) groups excluding carboxylic acids is 1. The SMILES string of the molecule is COC(=O)C12CCC(Br)(CC1)CC2.O=C(O)C12CCC(O)(CC1)CC2. The van der Waals surface area contributed by atoms with Crippen LogP contribution in [0.15, 0.2) is 0 Å². The molecule has 0 unspecified atom stereocenters. The summed E-state index contributed by atoms with van der Waals surface area (Å²) in [6.45, 7) is 0. The van der Waals surface area contributed by atoms with Gasteiger partial charge in [-0.3, -0.25) is 9.59 Å². The molecule has 0 aromatic heterocycles. The van der Waals surface area contributed by atoms with Crippen LogP contribution in [0.3, 0.4) is 0 Å². The van der Waals surface area contributed by atoms with E-state index in [1.165, 1.54) is 7.11 Å². The number of methoxy groups -OCH3 is 1. The van der Waals surface area contributed by atoms with E-state index in [1.54, 1.807) is 0 Å². The van der Waals surface area contributed by atoms with Crippen molar-refractivity contribution in [1.82, 2.24) is 0 Å². The largest absolute Gasteiger partial charge is 0.481 e. The van der Waals surface area contributed by atoms with E-state index in [2.05, 4.69) is 15.9 Å². The Morgan fingerprint density at radius 2 is 1.20 bits per heavy atom. The normalized spacial score (nSPS) is 44.6. The first kappa shape index (κ1) is 19.2. The van der Waals surface area contributed by atoms with Crippen molar-refractivity contribution in [2.75, 3.05) is 7.11 Å². The van der Waals surface area contributed by atoms with Crippen LogP contribution in [0.25, 0.3) is 0 Å². The lowest BCUT2D eigenvalue weighted by atomic mass is 9.59. The highest BCUT2D eigenvalue weighted by Crippen LogP contribution is 2.56. The Morgan fingerprint density at radius 3 is 1.56 bits per heavy atom. The molecule has 5 nitrogen and oxygen atoms in total. The molecule has 6 aliphatic carbocycles. The van der Waals surface area contributed by atoms with Crippen molar-refractivity contribution in [3.05, 3.63) is 0 Å². The van der Waals surface area contributed by atoms with Crippen LogP contribution in [0.2, 0.25) is 0 Å². The van der Waals surface area contributed by atoms with Gasteiger partial charge in [-0.25, -0.2) is 0 Å². The number of halogens is 1. The summed E-state index contributed by atoms with van der Waals surface area (Å²) >= 11 is 3.78. The van der Waals surface area contributed by atoms with E-state index in [0.717, 1.165) is 38.5 Å². The molecule has 2 N–H and O–H groups in total. The van der Waals surface area contributed by atoms with Crippen LogP contribution < -0.4 is 0 Å². The first-order valence-corrected chi connectivity index (χ1v) is 10.2. The quantitative estimate of drug-likeness (QED) is 0.528. The number of carboxylic acids is 1. The Hall–Kier alpha value is -0.620. The highest BCUT2D eigenvalue weighted by Gasteiger charge is 2.52. The smallest absolute Gasteiger partial charge is 0.311 e. The molecular formula is C19H29BrO5. The van der Waals surface area contributed by atoms with Crippen LogP contribution in [-0.4, -0.2) is 39.2 Å². The number of aliphatic hydroxyl groups is 1. The third-order valence-corrected chi connectivity index (χ3v) is 8.62. The Morgan fingerprint density at radius 1 is 0.800 bits per heavy atom. The molecule has 0 heterocycles. The summed E-state index contributed by atoms with van der Waals surface area (Å²) in [5, 5.41) is 18.8. The van der Waals surface area contributed by atoms with Crippen molar-refractivity contribution in [1.29, 1.82) is 0 Å². The maximum Gasteiger partial charge on any atom is 0.311 e. The van der Waals surface area contributed by atoms with E-state index in [9.17, 15) is 14.7 Å². The fourth-order valence-corrected chi connectivity index (χ4v) is 5.74. The summed E-state index contributed by atoms with van der Waals surface area (Å²) in [4.78, 5) is 22.6. The zero-order valence-electron chi connectivity index (χ0n) is 15.0. The van der Waals surface area contributed by atoms with Crippen LogP contribution in [-0.2, 0) is 14.3 Å². The molecule has 6 rings (SSSR count). The van der Waals surface area contributed by atoms with Crippen molar-refractivity contribution in [2.24, 2.45) is 10.8 Å². The second-order valence-corrected chi connectivity index (χ2v) is 10.4. The van der Waals surface area contributed by atoms with E-state index in [-0.39, 0.29) is 11.4 Å². The monoisotopic (exact) mass is 416 g/mol. The lowest BCUT2D eigenvalue weighted by molar-refractivity contribution is -0.165. The van der Waals surface area contributed by atoms with Crippen molar-refractivity contribution in [3.63, 3.8) is 0 Å². The number of alkyl halides is 1. The lowest BCUT2D eigenvalue weighted by Crippen LogP contribution is -2.49. The van der Waals surface area contributed by atoms with Crippen LogP contribution in [0.5, 0.6) is 0 Å². The standard InChI is InChI=1S/C10H15BrO2.C9H14O3/c1-13-8(12)9-2-5-10(11,6-3-9)7-4-9;10-7(11)8-1-4-9(12,5-2-8)6-3-8/h2-7H2,1H3;12H,1-6H2,(H,10,11). The van der Waals surface area contributed by atoms with E-state index < -0.39 is 17.0 Å². The molecule has 0 aromatic rings. The predicted molar refractivity (Wildman–Crippen MR) is 96.5 cm³/mol. The molecule has 6 aliphatic rings. The topological polar surface area (TPSA) is 83.8 Å². The third kappa shape index (κ3) is 3.48. The number of ether oxygens (including phenoxy) is 1. The molecule has 0 aliphatic heterocycles. The molecule has 4 bridgehead atoms. The van der Waals surface area contributed by atoms with Gasteiger partial charge in [-0.2, -0.15) is 0 Å². The summed E-state index contributed by atoms with van der Waals surface area (Å²) < 4.78 is 5.24. The van der Waals surface area contributed by atoms with Gasteiger partial charge in [0.05, 0.1) is 23.5 Å². The Kier molecular flexibility index (Phi) is 4.99. The molecule has 0 amide bonds. The van der Waals surface area contributed by atoms with Gasteiger partial charge in [-0.15, -0.1) is 0 Å². The molecule has 0 saturated heterocycles. The Labute approximate surface area is 157 Å². The molecular weight excluding hydrogens is 388 g/mol. The number of esters is 1. The zero-order valence-corrected chi connectivity index (χ0v) is 16.6. The van der Waals surface area contributed by atoms with Gasteiger partial charge < -0.3 is 14.9 Å². The lowest BCUT2D eigenvalue weighted by Gasteiger charge is -2.48. The highest BCUT2D eigenvalue weighted by atomic mass is 79.9. The summed E-state index contributed by atoms with van der Waals surface area (Å²) in [6, 6.07) is 0. The first-order chi connectivity index (χ1) is 11.7. The van der Waals surface area contributed by atoms with Crippen LogP contribution in [0.4, 0.5) is 0 Å². The number of carbonyl (C=O) groups is 2. The van der Waals surface area contributed by atoms with Gasteiger partial charge >= 0.3 is 11.9 Å². The molecule has 0 aromatic carbocycles. The van der Waals surface area contributed by atoms with Gasteiger partial charge in [0.25, 0.3) is 0 Å². The number of aliphatic carboxylic acids is 1. The van der Waals surface area contributed by atoms with Gasteiger partial charge in [0.1, 0.15) is 0 Å². The molecule has 0 radical (unpaired) electrons. The first-order valence-electron chi connectivity index (χ1n) is 9.40. The molecule has 0 atom stereocenters. The summed E-state index contributed by atoms with van der Waals surface area (Å²) in [5.41, 5.74) is -1.12. The minimum atomic E-state index is -0.663. The minimum Gasteiger partial charge on any atom is -0.481 e. The van der Waals surface area contributed by atoms with E-state index in [0.29, 0.717) is 42.8 Å². The van der Waals surface area contributed by atoms with Crippen LogP contribution in [0.1, 0.15) is 77.0 Å². The fraction of sp³-hybridized carbons (Fsp3) is 0.895. The number of carboxylic acid groups (broad SMARTS) is 1. The van der Waals surface area contributed by atoms with Gasteiger partial charge in [0.2, 0.25) is 0 Å². The highest BCUT2D eigenvalue weighted by molar-refractivity contribution is 9.10. The van der Waals surface area contributed by atoms with E-state index >= 15 is 0 Å². The van der Waals surface area contributed by atoms with Crippen LogP contribution >= 0.6 is 15.9 Å². The van der Waals surface area contributed by atoms with Gasteiger partial charge in [-0.1, -0.05) is 15.9 Å².